The van der Waals surface area contributed by atoms with Crippen molar-refractivity contribution in [1.29, 1.82) is 0 Å². The number of nitrogens with one attached hydrogen (secondary N) is 1. The number of rotatable bonds is 9. The highest BCUT2D eigenvalue weighted by Gasteiger charge is 2.19. The molecule has 30 heavy (non-hydrogen) atoms. The van der Waals surface area contributed by atoms with Gasteiger partial charge in [0.15, 0.2) is 5.16 Å². The van der Waals surface area contributed by atoms with Crippen LogP contribution in [0.1, 0.15) is 31.9 Å². The number of hydrogen-bond donors (Lipinski definition) is 2. The maximum atomic E-state index is 12.9. The zero-order chi connectivity index (χ0) is 21.5. The van der Waals surface area contributed by atoms with Gasteiger partial charge in [0.25, 0.3) is 5.56 Å². The van der Waals surface area contributed by atoms with E-state index in [4.69, 9.17) is 0 Å². The molecule has 1 unspecified atom stereocenters. The molecular weight excluding hydrogens is 398 g/mol. The van der Waals surface area contributed by atoms with Crippen LogP contribution in [0.3, 0.4) is 0 Å². The minimum Gasteiger partial charge on any atom is -0.396 e. The van der Waals surface area contributed by atoms with Gasteiger partial charge >= 0.3 is 0 Å². The second-order valence-electron chi connectivity index (χ2n) is 7.43. The molecule has 3 aromatic rings. The first kappa shape index (κ1) is 22.1. The number of nitrogens with zero attached hydrogens (tertiary/aromatic N) is 2. The zero-order valence-corrected chi connectivity index (χ0v) is 18.1. The summed E-state index contributed by atoms with van der Waals surface area (Å²) in [7, 11) is 0. The normalized spacial score (nSPS) is 12.3. The lowest BCUT2D eigenvalue weighted by Gasteiger charge is -2.23. The smallest absolute Gasteiger partial charge is 0.262 e. The predicted molar refractivity (Wildman–Crippen MR) is 121 cm³/mol. The quantitative estimate of drug-likeness (QED) is 0.406. The van der Waals surface area contributed by atoms with Gasteiger partial charge in [-0.1, -0.05) is 68.1 Å². The SMILES string of the molecule is CC(C)C(NC(=O)CSc1nc2ccccc2c(=O)n1CCCO)c1ccccc1. The maximum Gasteiger partial charge on any atom is 0.262 e. The molecule has 1 atom stereocenters. The van der Waals surface area contributed by atoms with Crippen molar-refractivity contribution in [3.05, 3.63) is 70.5 Å². The van der Waals surface area contributed by atoms with Gasteiger partial charge < -0.3 is 10.4 Å². The molecule has 1 amide bonds. The van der Waals surface area contributed by atoms with E-state index >= 15 is 0 Å². The molecule has 0 bridgehead atoms. The molecule has 0 saturated carbocycles. The number of amides is 1. The highest BCUT2D eigenvalue weighted by molar-refractivity contribution is 7.99. The van der Waals surface area contributed by atoms with Gasteiger partial charge in [0, 0.05) is 13.2 Å². The Morgan fingerprint density at radius 3 is 2.53 bits per heavy atom. The van der Waals surface area contributed by atoms with Crippen molar-refractivity contribution in [1.82, 2.24) is 14.9 Å². The van der Waals surface area contributed by atoms with Crippen LogP contribution in [0, 0.1) is 5.92 Å². The average molecular weight is 426 g/mol. The number of hydrogen-bond acceptors (Lipinski definition) is 5. The number of aromatic nitrogens is 2. The largest absolute Gasteiger partial charge is 0.396 e. The fraction of sp³-hybridized carbons (Fsp3) is 0.348. The lowest BCUT2D eigenvalue weighted by atomic mass is 9.96. The second kappa shape index (κ2) is 10.4. The summed E-state index contributed by atoms with van der Waals surface area (Å²) in [4.78, 5) is 30.2. The molecule has 2 N–H and O–H groups in total. The van der Waals surface area contributed by atoms with Crippen LogP contribution in [-0.2, 0) is 11.3 Å². The molecule has 1 heterocycles. The van der Waals surface area contributed by atoms with E-state index < -0.39 is 0 Å². The van der Waals surface area contributed by atoms with Crippen LogP contribution in [-0.4, -0.2) is 32.9 Å². The number of benzene rings is 2. The van der Waals surface area contributed by atoms with Gasteiger partial charge in [-0.25, -0.2) is 4.98 Å². The first-order chi connectivity index (χ1) is 14.5. The minimum atomic E-state index is -0.152. The molecule has 0 aliphatic carbocycles. The van der Waals surface area contributed by atoms with Crippen molar-refractivity contribution in [2.75, 3.05) is 12.4 Å². The van der Waals surface area contributed by atoms with E-state index in [1.165, 1.54) is 11.8 Å². The van der Waals surface area contributed by atoms with Crippen LogP contribution in [0.4, 0.5) is 0 Å². The molecule has 0 aliphatic rings. The lowest BCUT2D eigenvalue weighted by Crippen LogP contribution is -2.33. The molecule has 0 saturated heterocycles. The van der Waals surface area contributed by atoms with E-state index in [-0.39, 0.29) is 35.8 Å². The summed E-state index contributed by atoms with van der Waals surface area (Å²) in [5.74, 6) is 0.279. The van der Waals surface area contributed by atoms with E-state index in [0.717, 1.165) is 5.56 Å². The van der Waals surface area contributed by atoms with Gasteiger partial charge in [-0.15, -0.1) is 0 Å². The topological polar surface area (TPSA) is 84.2 Å². The average Bonchev–Trinajstić information content (AvgIpc) is 2.76. The molecule has 158 valence electrons. The zero-order valence-electron chi connectivity index (χ0n) is 17.2. The van der Waals surface area contributed by atoms with Crippen LogP contribution < -0.4 is 10.9 Å². The van der Waals surface area contributed by atoms with Crippen molar-refractivity contribution < 1.29 is 9.90 Å². The molecule has 2 aromatic carbocycles. The van der Waals surface area contributed by atoms with Crippen LogP contribution in [0.15, 0.2) is 64.5 Å². The Kier molecular flexibility index (Phi) is 7.65. The van der Waals surface area contributed by atoms with Gasteiger partial charge in [0.05, 0.1) is 22.7 Å². The number of carbonyl (C=O) groups is 1. The number of aliphatic hydroxyl groups is 1. The van der Waals surface area contributed by atoms with Crippen molar-refractivity contribution in [3.63, 3.8) is 0 Å². The van der Waals surface area contributed by atoms with E-state index in [9.17, 15) is 14.7 Å². The number of thioether (sulfide) groups is 1. The van der Waals surface area contributed by atoms with Crippen molar-refractivity contribution in [2.24, 2.45) is 5.92 Å². The first-order valence-electron chi connectivity index (χ1n) is 10.1. The van der Waals surface area contributed by atoms with Crippen LogP contribution in [0.5, 0.6) is 0 Å². The van der Waals surface area contributed by atoms with E-state index in [2.05, 4.69) is 24.1 Å². The van der Waals surface area contributed by atoms with Gasteiger partial charge in [-0.2, -0.15) is 0 Å². The molecule has 7 heteroatoms. The van der Waals surface area contributed by atoms with Crippen molar-refractivity contribution in [2.45, 2.75) is 38.0 Å². The van der Waals surface area contributed by atoms with Crippen molar-refractivity contribution in [3.8, 4) is 0 Å². The molecule has 0 radical (unpaired) electrons. The fourth-order valence-corrected chi connectivity index (χ4v) is 4.16. The summed E-state index contributed by atoms with van der Waals surface area (Å²) in [5, 5.41) is 13.3. The molecule has 0 aliphatic heterocycles. The third kappa shape index (κ3) is 5.29. The fourth-order valence-electron chi connectivity index (χ4n) is 3.32. The Morgan fingerprint density at radius 1 is 1.13 bits per heavy atom. The summed E-state index contributed by atoms with van der Waals surface area (Å²) in [6.45, 7) is 4.48. The van der Waals surface area contributed by atoms with Gasteiger partial charge in [-0.05, 0) is 30.0 Å². The standard InChI is InChI=1S/C23H27N3O3S/c1-16(2)21(17-9-4-3-5-10-17)25-20(28)15-30-23-24-19-12-7-6-11-18(19)22(29)26(23)13-8-14-27/h3-7,9-12,16,21,27H,8,13-15H2,1-2H3,(H,25,28). The molecular formula is C23H27N3O3S. The summed E-state index contributed by atoms with van der Waals surface area (Å²) in [5.41, 5.74) is 1.52. The van der Waals surface area contributed by atoms with Gasteiger partial charge in [-0.3, -0.25) is 14.2 Å². The van der Waals surface area contributed by atoms with E-state index in [1.54, 1.807) is 22.8 Å². The second-order valence-corrected chi connectivity index (χ2v) is 8.38. The highest BCUT2D eigenvalue weighted by Crippen LogP contribution is 2.23. The van der Waals surface area contributed by atoms with E-state index in [0.29, 0.717) is 29.0 Å². The Labute approximate surface area is 180 Å². The first-order valence-corrected chi connectivity index (χ1v) is 11.1. The Hall–Kier alpha value is -2.64. The summed E-state index contributed by atoms with van der Waals surface area (Å²) >= 11 is 1.24. The van der Waals surface area contributed by atoms with E-state index in [1.807, 2.05) is 36.4 Å². The maximum absolute atomic E-state index is 12.9. The summed E-state index contributed by atoms with van der Waals surface area (Å²) in [6, 6.07) is 17.0. The number of aliphatic hydroxyl groups excluding tert-OH is 1. The number of carbonyl (C=O) groups excluding carboxylic acids is 1. The molecule has 3 rings (SSSR count). The molecule has 1 aromatic heterocycles. The van der Waals surface area contributed by atoms with Gasteiger partial charge in [0.1, 0.15) is 0 Å². The number of fused-ring (bicyclic) bond motifs is 1. The highest BCUT2D eigenvalue weighted by atomic mass is 32.2. The Balaban J connectivity index is 1.78. The Morgan fingerprint density at radius 2 is 1.83 bits per heavy atom. The molecule has 6 nitrogen and oxygen atoms in total. The Bertz CT molecular complexity index is 1050. The monoisotopic (exact) mass is 425 g/mol. The molecule has 0 fully saturated rings. The van der Waals surface area contributed by atoms with Crippen LogP contribution >= 0.6 is 11.8 Å². The summed E-state index contributed by atoms with van der Waals surface area (Å²) in [6.07, 6.45) is 0.448. The van der Waals surface area contributed by atoms with Crippen LogP contribution in [0.2, 0.25) is 0 Å². The number of para-hydroxylation sites is 1. The molecule has 0 spiro atoms. The van der Waals surface area contributed by atoms with Gasteiger partial charge in [0.2, 0.25) is 5.91 Å². The third-order valence-corrected chi connectivity index (χ3v) is 5.82. The van der Waals surface area contributed by atoms with Crippen LogP contribution in [0.25, 0.3) is 10.9 Å². The van der Waals surface area contributed by atoms with Crippen molar-refractivity contribution >= 4 is 28.6 Å². The predicted octanol–water partition coefficient (Wildman–Crippen LogP) is 3.38. The lowest BCUT2D eigenvalue weighted by molar-refractivity contribution is -0.119. The third-order valence-electron chi connectivity index (χ3n) is 4.84. The minimum absolute atomic E-state index is 0.0169. The summed E-state index contributed by atoms with van der Waals surface area (Å²) < 4.78 is 1.55.